The quantitative estimate of drug-likeness (QED) is 0.608. The van der Waals surface area contributed by atoms with E-state index in [9.17, 15) is 4.79 Å². The third kappa shape index (κ3) is 7.67. The van der Waals surface area contributed by atoms with Crippen molar-refractivity contribution in [1.82, 2.24) is 10.2 Å². The number of nitrogens with zero attached hydrogens (tertiary/aromatic N) is 1. The fourth-order valence-corrected chi connectivity index (χ4v) is 1.89. The highest BCUT2D eigenvalue weighted by atomic mass is 16.5. The molecule has 0 fully saturated rings. The number of carbonyl (C=O) groups is 1. The fraction of sp³-hybridized carbons (Fsp3) is 0.929. The Morgan fingerprint density at radius 3 is 2.50 bits per heavy atom. The molecule has 2 unspecified atom stereocenters. The van der Waals surface area contributed by atoms with E-state index in [-0.39, 0.29) is 12.0 Å². The van der Waals surface area contributed by atoms with Gasteiger partial charge in [0.25, 0.3) is 0 Å². The molecule has 18 heavy (non-hydrogen) atoms. The summed E-state index contributed by atoms with van der Waals surface area (Å²) in [6.45, 7) is 11.5. The number of carbonyl (C=O) groups excluding carboxylic acids is 1. The molecule has 0 saturated carbocycles. The zero-order chi connectivity index (χ0) is 14.0. The first-order valence-electron chi connectivity index (χ1n) is 7.13. The summed E-state index contributed by atoms with van der Waals surface area (Å²) in [5.41, 5.74) is 0. The van der Waals surface area contributed by atoms with Gasteiger partial charge in [0, 0.05) is 6.54 Å². The highest BCUT2D eigenvalue weighted by molar-refractivity contribution is 5.75. The number of hydrogen-bond acceptors (Lipinski definition) is 4. The molecule has 0 aromatic rings. The van der Waals surface area contributed by atoms with Crippen LogP contribution in [-0.2, 0) is 9.53 Å². The maximum atomic E-state index is 11.7. The van der Waals surface area contributed by atoms with E-state index >= 15 is 0 Å². The Kier molecular flexibility index (Phi) is 9.98. The van der Waals surface area contributed by atoms with Crippen LogP contribution in [0.15, 0.2) is 0 Å². The number of esters is 1. The van der Waals surface area contributed by atoms with Gasteiger partial charge in [-0.05, 0) is 39.4 Å². The molecule has 0 aromatic carbocycles. The highest BCUT2D eigenvalue weighted by Crippen LogP contribution is 2.04. The lowest BCUT2D eigenvalue weighted by Gasteiger charge is -2.23. The third-order valence-electron chi connectivity index (χ3n) is 3.14. The number of hydrogen-bond donors (Lipinski definition) is 1. The van der Waals surface area contributed by atoms with Crippen LogP contribution in [-0.4, -0.2) is 50.2 Å². The molecule has 0 spiro atoms. The Labute approximate surface area is 112 Å². The van der Waals surface area contributed by atoms with Crippen molar-refractivity contribution in [2.24, 2.45) is 5.92 Å². The van der Waals surface area contributed by atoms with Crippen LogP contribution in [0.4, 0.5) is 0 Å². The first-order chi connectivity index (χ1) is 8.54. The Bertz CT molecular complexity index is 222. The summed E-state index contributed by atoms with van der Waals surface area (Å²) in [6.07, 6.45) is 2.00. The molecule has 4 nitrogen and oxygen atoms in total. The van der Waals surface area contributed by atoms with Crippen LogP contribution in [0.5, 0.6) is 0 Å². The van der Waals surface area contributed by atoms with Crippen LogP contribution < -0.4 is 5.32 Å². The van der Waals surface area contributed by atoms with Gasteiger partial charge in [0.1, 0.15) is 6.04 Å². The van der Waals surface area contributed by atoms with Crippen molar-refractivity contribution in [3.63, 3.8) is 0 Å². The van der Waals surface area contributed by atoms with Gasteiger partial charge in [-0.2, -0.15) is 0 Å². The van der Waals surface area contributed by atoms with Crippen molar-refractivity contribution in [3.05, 3.63) is 0 Å². The van der Waals surface area contributed by atoms with E-state index in [1.807, 2.05) is 13.8 Å². The summed E-state index contributed by atoms with van der Waals surface area (Å²) in [5, 5.41) is 3.19. The minimum atomic E-state index is -0.172. The predicted molar refractivity (Wildman–Crippen MR) is 75.7 cm³/mol. The van der Waals surface area contributed by atoms with Crippen molar-refractivity contribution in [1.29, 1.82) is 0 Å². The van der Waals surface area contributed by atoms with E-state index in [0.717, 1.165) is 26.1 Å². The van der Waals surface area contributed by atoms with E-state index in [1.165, 1.54) is 6.42 Å². The lowest BCUT2D eigenvalue weighted by molar-refractivity contribution is -0.145. The monoisotopic (exact) mass is 258 g/mol. The van der Waals surface area contributed by atoms with Gasteiger partial charge in [-0.15, -0.1) is 0 Å². The third-order valence-corrected chi connectivity index (χ3v) is 3.14. The Morgan fingerprint density at radius 1 is 1.33 bits per heavy atom. The van der Waals surface area contributed by atoms with Gasteiger partial charge in [0.05, 0.1) is 6.61 Å². The molecular weight excluding hydrogens is 228 g/mol. The minimum absolute atomic E-state index is 0.128. The van der Waals surface area contributed by atoms with Crippen molar-refractivity contribution in [2.75, 3.05) is 33.3 Å². The van der Waals surface area contributed by atoms with Gasteiger partial charge in [0.15, 0.2) is 0 Å². The number of nitrogens with one attached hydrogen (secondary N) is 1. The average molecular weight is 258 g/mol. The molecule has 0 aliphatic rings. The zero-order valence-electron chi connectivity index (χ0n) is 12.7. The second-order valence-corrected chi connectivity index (χ2v) is 4.93. The molecule has 0 aliphatic carbocycles. The summed E-state index contributed by atoms with van der Waals surface area (Å²) < 4.78 is 5.07. The molecule has 0 amide bonds. The van der Waals surface area contributed by atoms with Gasteiger partial charge >= 0.3 is 5.97 Å². The van der Waals surface area contributed by atoms with Crippen LogP contribution in [0.1, 0.15) is 40.5 Å². The summed E-state index contributed by atoms with van der Waals surface area (Å²) in [4.78, 5) is 14.0. The Balaban J connectivity index is 4.05. The molecule has 4 heteroatoms. The number of likely N-dealkylation sites (N-methyl/N-ethyl adjacent to an activating group) is 1. The molecule has 0 rings (SSSR count). The van der Waals surface area contributed by atoms with Crippen LogP contribution in [0, 0.1) is 5.92 Å². The minimum Gasteiger partial charge on any atom is -0.465 e. The van der Waals surface area contributed by atoms with Crippen molar-refractivity contribution < 1.29 is 9.53 Å². The molecule has 0 aromatic heterocycles. The van der Waals surface area contributed by atoms with Crippen LogP contribution in [0.2, 0.25) is 0 Å². The van der Waals surface area contributed by atoms with E-state index < -0.39 is 0 Å². The lowest BCUT2D eigenvalue weighted by atomic mass is 10.1. The Hall–Kier alpha value is -0.610. The SMILES string of the molecule is CCNC(CCN(C)CC(C)CC)C(=O)OCC. The van der Waals surface area contributed by atoms with Gasteiger partial charge in [0.2, 0.25) is 0 Å². The standard InChI is InChI=1S/C14H30N2O2/c1-6-12(4)11-16(5)10-9-13(15-7-2)14(17)18-8-3/h12-13,15H,6-11H2,1-5H3. The largest absolute Gasteiger partial charge is 0.465 e. The summed E-state index contributed by atoms with van der Waals surface area (Å²) >= 11 is 0. The van der Waals surface area contributed by atoms with Crippen molar-refractivity contribution in [3.8, 4) is 0 Å². The maximum Gasteiger partial charge on any atom is 0.323 e. The summed E-state index contributed by atoms with van der Waals surface area (Å²) in [6, 6.07) is -0.172. The molecule has 0 saturated heterocycles. The van der Waals surface area contributed by atoms with E-state index in [1.54, 1.807) is 0 Å². The van der Waals surface area contributed by atoms with Gasteiger partial charge in [-0.3, -0.25) is 4.79 Å². The summed E-state index contributed by atoms with van der Waals surface area (Å²) in [5.74, 6) is 0.575. The molecular formula is C14H30N2O2. The van der Waals surface area contributed by atoms with E-state index in [0.29, 0.717) is 12.5 Å². The smallest absolute Gasteiger partial charge is 0.323 e. The van der Waals surface area contributed by atoms with Crippen molar-refractivity contribution >= 4 is 5.97 Å². The second kappa shape index (κ2) is 10.3. The first-order valence-corrected chi connectivity index (χ1v) is 7.13. The lowest BCUT2D eigenvalue weighted by Crippen LogP contribution is -2.40. The van der Waals surface area contributed by atoms with Crippen LogP contribution >= 0.6 is 0 Å². The van der Waals surface area contributed by atoms with Gasteiger partial charge < -0.3 is 15.0 Å². The maximum absolute atomic E-state index is 11.7. The Morgan fingerprint density at radius 2 is 2.00 bits per heavy atom. The summed E-state index contributed by atoms with van der Waals surface area (Å²) in [7, 11) is 2.11. The van der Waals surface area contributed by atoms with Gasteiger partial charge in [-0.25, -0.2) is 0 Å². The van der Waals surface area contributed by atoms with Crippen LogP contribution in [0.25, 0.3) is 0 Å². The molecule has 0 bridgehead atoms. The molecule has 0 heterocycles. The first kappa shape index (κ1) is 17.4. The van der Waals surface area contributed by atoms with Crippen molar-refractivity contribution in [2.45, 2.75) is 46.6 Å². The molecule has 0 aliphatic heterocycles. The number of rotatable bonds is 10. The predicted octanol–water partition coefficient (Wildman–Crippen LogP) is 1.90. The topological polar surface area (TPSA) is 41.6 Å². The van der Waals surface area contributed by atoms with E-state index in [2.05, 4.69) is 31.1 Å². The second-order valence-electron chi connectivity index (χ2n) is 4.93. The van der Waals surface area contributed by atoms with Gasteiger partial charge in [-0.1, -0.05) is 27.2 Å². The molecule has 2 atom stereocenters. The van der Waals surface area contributed by atoms with Crippen LogP contribution in [0.3, 0.4) is 0 Å². The fourth-order valence-electron chi connectivity index (χ4n) is 1.89. The highest BCUT2D eigenvalue weighted by Gasteiger charge is 2.19. The van der Waals surface area contributed by atoms with E-state index in [4.69, 9.17) is 4.74 Å². The average Bonchev–Trinajstić information content (AvgIpc) is 2.34. The molecule has 1 N–H and O–H groups in total. The number of ether oxygens (including phenoxy) is 1. The molecule has 0 radical (unpaired) electrons. The normalized spacial score (nSPS) is 14.6. The zero-order valence-corrected chi connectivity index (χ0v) is 12.7. The molecule has 108 valence electrons.